The van der Waals surface area contributed by atoms with Gasteiger partial charge in [-0.25, -0.2) is 0 Å². The van der Waals surface area contributed by atoms with Crippen LogP contribution < -0.4 is 10.6 Å². The summed E-state index contributed by atoms with van der Waals surface area (Å²) in [6.45, 7) is 8.19. The number of aliphatic imine (C=N–C) groups is 1. The second-order valence-corrected chi connectivity index (χ2v) is 6.82. The highest BCUT2D eigenvalue weighted by atomic mass is 127. The van der Waals surface area contributed by atoms with Crippen LogP contribution in [0, 0.1) is 0 Å². The van der Waals surface area contributed by atoms with Crippen molar-refractivity contribution in [2.24, 2.45) is 4.99 Å². The minimum Gasteiger partial charge on any atom is -0.469 e. The molecule has 1 aromatic rings. The number of esters is 1. The van der Waals surface area contributed by atoms with Crippen LogP contribution in [0.1, 0.15) is 51.2 Å². The van der Waals surface area contributed by atoms with E-state index in [4.69, 9.17) is 0 Å². The molecule has 2 N–H and O–H groups in total. The van der Waals surface area contributed by atoms with E-state index in [0.29, 0.717) is 6.42 Å². The molecule has 26 heavy (non-hydrogen) atoms. The summed E-state index contributed by atoms with van der Waals surface area (Å²) in [5.74, 6) is 0.634. The second kappa shape index (κ2) is 12.9. The average molecular weight is 475 g/mol. The van der Waals surface area contributed by atoms with Crippen LogP contribution in [-0.2, 0) is 21.4 Å². The Morgan fingerprint density at radius 3 is 2.35 bits per heavy atom. The summed E-state index contributed by atoms with van der Waals surface area (Å²) < 4.78 is 4.64. The molecule has 0 saturated carbocycles. The first-order valence-corrected chi connectivity index (χ1v) is 9.03. The number of unbranched alkanes of at least 4 members (excludes halogenated alkanes) is 1. The Kier molecular flexibility index (Phi) is 12.3. The molecule has 0 saturated heterocycles. The highest BCUT2D eigenvalue weighted by molar-refractivity contribution is 14.0. The van der Waals surface area contributed by atoms with Crippen LogP contribution in [0.25, 0.3) is 0 Å². The number of benzene rings is 1. The van der Waals surface area contributed by atoms with Crippen LogP contribution in [0.2, 0.25) is 0 Å². The lowest BCUT2D eigenvalue weighted by atomic mass is 9.84. The van der Waals surface area contributed by atoms with Crippen molar-refractivity contribution in [3.05, 3.63) is 35.4 Å². The average Bonchev–Trinajstić information content (AvgIpc) is 2.63. The van der Waals surface area contributed by atoms with Crippen LogP contribution in [0.3, 0.4) is 0 Å². The molecule has 0 spiro atoms. The van der Waals surface area contributed by atoms with Crippen molar-refractivity contribution in [3.63, 3.8) is 0 Å². The third-order valence-corrected chi connectivity index (χ3v) is 4.39. The maximum absolute atomic E-state index is 11.1. The van der Waals surface area contributed by atoms with Gasteiger partial charge in [0.15, 0.2) is 5.96 Å². The minimum absolute atomic E-state index is 0. The molecule has 0 aliphatic carbocycles. The van der Waals surface area contributed by atoms with Gasteiger partial charge in [0.25, 0.3) is 0 Å². The van der Waals surface area contributed by atoms with Crippen molar-refractivity contribution in [2.75, 3.05) is 27.2 Å². The summed E-state index contributed by atoms with van der Waals surface area (Å²) in [4.78, 5) is 15.3. The predicted octanol–water partition coefficient (Wildman–Crippen LogP) is 3.65. The molecule has 0 aliphatic rings. The van der Waals surface area contributed by atoms with E-state index < -0.39 is 0 Å². The first-order chi connectivity index (χ1) is 11.9. The lowest BCUT2D eigenvalue weighted by molar-refractivity contribution is -0.140. The van der Waals surface area contributed by atoms with Gasteiger partial charge in [0.05, 0.1) is 7.11 Å². The van der Waals surface area contributed by atoms with Crippen LogP contribution in [0.15, 0.2) is 29.3 Å². The minimum atomic E-state index is -0.154. The van der Waals surface area contributed by atoms with Crippen molar-refractivity contribution in [2.45, 2.75) is 51.9 Å². The molecule has 0 unspecified atom stereocenters. The number of hydrogen-bond acceptors (Lipinski definition) is 3. The van der Waals surface area contributed by atoms with Crippen LogP contribution in [0.4, 0.5) is 0 Å². The Morgan fingerprint density at radius 2 is 1.81 bits per heavy atom. The van der Waals surface area contributed by atoms with Crippen LogP contribution >= 0.6 is 24.0 Å². The van der Waals surface area contributed by atoms with Gasteiger partial charge < -0.3 is 15.4 Å². The van der Waals surface area contributed by atoms with Crippen LogP contribution in [-0.4, -0.2) is 39.2 Å². The van der Waals surface area contributed by atoms with Crippen molar-refractivity contribution >= 4 is 35.9 Å². The zero-order valence-electron chi connectivity index (χ0n) is 16.7. The third-order valence-electron chi connectivity index (χ3n) is 4.39. The number of aryl methyl sites for hydroxylation is 1. The molecule has 0 heterocycles. The normalized spacial score (nSPS) is 11.5. The lowest BCUT2D eigenvalue weighted by Gasteiger charge is -2.27. The number of halogens is 1. The Labute approximate surface area is 175 Å². The zero-order valence-corrected chi connectivity index (χ0v) is 19.1. The number of rotatable bonds is 9. The van der Waals surface area contributed by atoms with Gasteiger partial charge in [-0.2, -0.15) is 0 Å². The van der Waals surface area contributed by atoms with E-state index in [2.05, 4.69) is 65.4 Å². The van der Waals surface area contributed by atoms with E-state index in [1.807, 2.05) is 0 Å². The summed E-state index contributed by atoms with van der Waals surface area (Å²) >= 11 is 0. The monoisotopic (exact) mass is 475 g/mol. The fourth-order valence-electron chi connectivity index (χ4n) is 2.52. The smallest absolute Gasteiger partial charge is 0.305 e. The van der Waals surface area contributed by atoms with Gasteiger partial charge in [0.1, 0.15) is 0 Å². The number of carbonyl (C=O) groups is 1. The van der Waals surface area contributed by atoms with E-state index in [0.717, 1.165) is 38.3 Å². The molecule has 0 atom stereocenters. The van der Waals surface area contributed by atoms with Gasteiger partial charge in [0, 0.05) is 32.0 Å². The Bertz CT molecular complexity index is 557. The topological polar surface area (TPSA) is 62.7 Å². The van der Waals surface area contributed by atoms with Crippen molar-refractivity contribution in [1.82, 2.24) is 10.6 Å². The fraction of sp³-hybridized carbons (Fsp3) is 0.600. The molecule has 0 aromatic heterocycles. The molecule has 0 amide bonds. The first-order valence-electron chi connectivity index (χ1n) is 9.03. The van der Waals surface area contributed by atoms with Gasteiger partial charge in [-0.05, 0) is 30.4 Å². The summed E-state index contributed by atoms with van der Waals surface area (Å²) in [6, 6.07) is 8.82. The van der Waals surface area contributed by atoms with Gasteiger partial charge in [-0.1, -0.05) is 45.0 Å². The van der Waals surface area contributed by atoms with E-state index in [9.17, 15) is 4.79 Å². The standard InChI is InChI=1S/C20H33N3O2.HI/c1-6-16-10-12-17(13-11-16)20(2,3)15-23-19(21-4)22-14-8-7-9-18(24)25-5;/h10-13H,6-9,14-15H2,1-5H3,(H2,21,22,23);1H. The highest BCUT2D eigenvalue weighted by Gasteiger charge is 2.20. The Hall–Kier alpha value is -1.31. The van der Waals surface area contributed by atoms with E-state index in [-0.39, 0.29) is 35.4 Å². The number of nitrogens with one attached hydrogen (secondary N) is 2. The largest absolute Gasteiger partial charge is 0.469 e. The molecule has 148 valence electrons. The lowest BCUT2D eigenvalue weighted by Crippen LogP contribution is -2.43. The summed E-state index contributed by atoms with van der Waals surface area (Å²) in [7, 11) is 3.19. The number of ether oxygens (including phenoxy) is 1. The maximum atomic E-state index is 11.1. The SMILES string of the molecule is CCc1ccc(C(C)(C)CNC(=NC)NCCCCC(=O)OC)cc1.I. The summed E-state index contributed by atoms with van der Waals surface area (Å²) in [5, 5.41) is 6.69. The second-order valence-electron chi connectivity index (χ2n) is 6.82. The van der Waals surface area contributed by atoms with E-state index in [1.54, 1.807) is 7.05 Å². The Morgan fingerprint density at radius 1 is 1.15 bits per heavy atom. The molecular formula is C20H34IN3O2. The van der Waals surface area contributed by atoms with Crippen LogP contribution in [0.5, 0.6) is 0 Å². The molecule has 6 heteroatoms. The van der Waals surface area contributed by atoms with Gasteiger partial charge in [-0.15, -0.1) is 24.0 Å². The van der Waals surface area contributed by atoms with E-state index in [1.165, 1.54) is 18.2 Å². The summed E-state index contributed by atoms with van der Waals surface area (Å²) in [5.41, 5.74) is 2.68. The molecule has 0 bridgehead atoms. The molecule has 0 fully saturated rings. The first kappa shape index (κ1) is 24.7. The highest BCUT2D eigenvalue weighted by Crippen LogP contribution is 2.22. The molecule has 1 rings (SSSR count). The maximum Gasteiger partial charge on any atom is 0.305 e. The van der Waals surface area contributed by atoms with Gasteiger partial charge in [0.2, 0.25) is 0 Å². The van der Waals surface area contributed by atoms with Crippen molar-refractivity contribution in [3.8, 4) is 0 Å². The van der Waals surface area contributed by atoms with Crippen molar-refractivity contribution < 1.29 is 9.53 Å². The number of methoxy groups -OCH3 is 1. The molecule has 0 radical (unpaired) electrons. The van der Waals surface area contributed by atoms with Gasteiger partial charge in [-0.3, -0.25) is 9.79 Å². The summed E-state index contributed by atoms with van der Waals surface area (Å²) in [6.07, 6.45) is 3.24. The number of hydrogen-bond donors (Lipinski definition) is 2. The molecule has 0 aliphatic heterocycles. The fourth-order valence-corrected chi connectivity index (χ4v) is 2.52. The Balaban J connectivity index is 0.00000625. The van der Waals surface area contributed by atoms with E-state index >= 15 is 0 Å². The van der Waals surface area contributed by atoms with Gasteiger partial charge >= 0.3 is 5.97 Å². The number of carbonyl (C=O) groups excluding carboxylic acids is 1. The quantitative estimate of drug-likeness (QED) is 0.188. The molecule has 1 aromatic carbocycles. The zero-order chi connectivity index (χ0) is 18.7. The number of nitrogens with zero attached hydrogens (tertiary/aromatic N) is 1. The third kappa shape index (κ3) is 8.87. The molecule has 5 nitrogen and oxygen atoms in total. The van der Waals surface area contributed by atoms with Crippen molar-refractivity contribution in [1.29, 1.82) is 0 Å². The number of guanidine groups is 1. The molecular weight excluding hydrogens is 441 g/mol. The predicted molar refractivity (Wildman–Crippen MR) is 119 cm³/mol.